The van der Waals surface area contributed by atoms with Gasteiger partial charge in [-0.25, -0.2) is 8.78 Å². The van der Waals surface area contributed by atoms with E-state index in [0.717, 1.165) is 0 Å². The SMILES string of the molecule is COc1ccc(O)c(C(C)NCC(O)C(F)F)c1. The molecule has 0 amide bonds. The average molecular weight is 261 g/mol. The van der Waals surface area contributed by atoms with Crippen LogP contribution in [0.25, 0.3) is 0 Å². The lowest BCUT2D eigenvalue weighted by Crippen LogP contribution is -2.33. The molecule has 1 aromatic rings. The van der Waals surface area contributed by atoms with Crippen LogP contribution in [0.4, 0.5) is 8.78 Å². The fourth-order valence-electron chi connectivity index (χ4n) is 1.50. The van der Waals surface area contributed by atoms with Crippen LogP contribution < -0.4 is 10.1 Å². The highest BCUT2D eigenvalue weighted by atomic mass is 19.3. The van der Waals surface area contributed by atoms with E-state index in [-0.39, 0.29) is 18.3 Å². The van der Waals surface area contributed by atoms with E-state index in [1.165, 1.54) is 13.2 Å². The lowest BCUT2D eigenvalue weighted by atomic mass is 10.1. The number of halogens is 2. The van der Waals surface area contributed by atoms with Gasteiger partial charge in [0, 0.05) is 18.2 Å². The van der Waals surface area contributed by atoms with E-state index in [4.69, 9.17) is 9.84 Å². The maximum Gasteiger partial charge on any atom is 0.265 e. The first kappa shape index (κ1) is 14.7. The van der Waals surface area contributed by atoms with Gasteiger partial charge in [-0.2, -0.15) is 0 Å². The lowest BCUT2D eigenvalue weighted by Gasteiger charge is -2.18. The molecule has 0 fully saturated rings. The molecule has 0 aliphatic carbocycles. The van der Waals surface area contributed by atoms with Crippen LogP contribution in [0.2, 0.25) is 0 Å². The fraction of sp³-hybridized carbons (Fsp3) is 0.500. The first-order valence-electron chi connectivity index (χ1n) is 5.52. The zero-order valence-corrected chi connectivity index (χ0v) is 10.2. The van der Waals surface area contributed by atoms with Gasteiger partial charge in [-0.05, 0) is 25.1 Å². The molecular weight excluding hydrogens is 244 g/mol. The molecule has 0 heterocycles. The first-order valence-corrected chi connectivity index (χ1v) is 5.52. The number of phenolic OH excluding ortho intramolecular Hbond substituents is 1. The maximum absolute atomic E-state index is 12.1. The second-order valence-corrected chi connectivity index (χ2v) is 3.96. The van der Waals surface area contributed by atoms with Crippen molar-refractivity contribution >= 4 is 0 Å². The van der Waals surface area contributed by atoms with Crippen molar-refractivity contribution in [3.05, 3.63) is 23.8 Å². The Hall–Kier alpha value is -1.40. The van der Waals surface area contributed by atoms with Crippen molar-refractivity contribution in [1.82, 2.24) is 5.32 Å². The predicted molar refractivity (Wildman–Crippen MR) is 63.1 cm³/mol. The van der Waals surface area contributed by atoms with Crippen molar-refractivity contribution in [3.8, 4) is 11.5 Å². The molecule has 0 aliphatic rings. The Morgan fingerprint density at radius 2 is 2.06 bits per heavy atom. The van der Waals surface area contributed by atoms with Crippen molar-refractivity contribution in [2.75, 3.05) is 13.7 Å². The zero-order valence-electron chi connectivity index (χ0n) is 10.2. The molecule has 18 heavy (non-hydrogen) atoms. The van der Waals surface area contributed by atoms with Crippen LogP contribution in [0, 0.1) is 0 Å². The summed E-state index contributed by atoms with van der Waals surface area (Å²) < 4.78 is 29.3. The van der Waals surface area contributed by atoms with Gasteiger partial charge >= 0.3 is 0 Å². The average Bonchev–Trinajstić information content (AvgIpc) is 2.35. The Bertz CT molecular complexity index is 388. The Kier molecular flexibility index (Phi) is 5.30. The van der Waals surface area contributed by atoms with Gasteiger partial charge in [-0.3, -0.25) is 0 Å². The summed E-state index contributed by atoms with van der Waals surface area (Å²) in [5.41, 5.74) is 0.524. The molecule has 1 rings (SSSR count). The van der Waals surface area contributed by atoms with Crippen molar-refractivity contribution in [2.24, 2.45) is 0 Å². The smallest absolute Gasteiger partial charge is 0.265 e. The maximum atomic E-state index is 12.1. The van der Waals surface area contributed by atoms with E-state index in [2.05, 4.69) is 5.32 Å². The van der Waals surface area contributed by atoms with Crippen molar-refractivity contribution in [3.63, 3.8) is 0 Å². The molecule has 0 aromatic heterocycles. The molecule has 2 unspecified atom stereocenters. The third-order valence-electron chi connectivity index (χ3n) is 2.63. The lowest BCUT2D eigenvalue weighted by molar-refractivity contribution is -0.00442. The highest BCUT2D eigenvalue weighted by Gasteiger charge is 2.18. The van der Waals surface area contributed by atoms with E-state index in [1.807, 2.05) is 0 Å². The number of hydrogen-bond donors (Lipinski definition) is 3. The van der Waals surface area contributed by atoms with Crippen LogP contribution in [-0.4, -0.2) is 36.4 Å². The largest absolute Gasteiger partial charge is 0.508 e. The van der Waals surface area contributed by atoms with E-state index in [0.29, 0.717) is 11.3 Å². The van der Waals surface area contributed by atoms with E-state index in [1.54, 1.807) is 19.1 Å². The number of aliphatic hydroxyl groups excluding tert-OH is 1. The topological polar surface area (TPSA) is 61.7 Å². The molecule has 6 heteroatoms. The van der Waals surface area contributed by atoms with Gasteiger partial charge in [0.05, 0.1) is 7.11 Å². The summed E-state index contributed by atoms with van der Waals surface area (Å²) in [5.74, 6) is 0.605. The normalized spacial score (nSPS) is 14.6. The number of hydrogen-bond acceptors (Lipinski definition) is 4. The number of ether oxygens (including phenoxy) is 1. The Balaban J connectivity index is 2.68. The number of rotatable bonds is 6. The van der Waals surface area contributed by atoms with Gasteiger partial charge in [0.25, 0.3) is 6.43 Å². The van der Waals surface area contributed by atoms with E-state index >= 15 is 0 Å². The quantitative estimate of drug-likeness (QED) is 0.729. The van der Waals surface area contributed by atoms with Crippen molar-refractivity contribution in [1.29, 1.82) is 0 Å². The van der Waals surface area contributed by atoms with Crippen LogP contribution in [0.5, 0.6) is 11.5 Å². The predicted octanol–water partition coefficient (Wildman–Crippen LogP) is 1.68. The Morgan fingerprint density at radius 3 is 2.61 bits per heavy atom. The van der Waals surface area contributed by atoms with Crippen molar-refractivity contribution < 1.29 is 23.7 Å². The summed E-state index contributed by atoms with van der Waals surface area (Å²) >= 11 is 0. The minimum Gasteiger partial charge on any atom is -0.508 e. The molecule has 0 bridgehead atoms. The van der Waals surface area contributed by atoms with Gasteiger partial charge in [0.2, 0.25) is 0 Å². The van der Waals surface area contributed by atoms with Gasteiger partial charge in [0.15, 0.2) is 0 Å². The van der Waals surface area contributed by atoms with Crippen LogP contribution in [-0.2, 0) is 0 Å². The second-order valence-electron chi connectivity index (χ2n) is 3.96. The van der Waals surface area contributed by atoms with E-state index in [9.17, 15) is 13.9 Å². The summed E-state index contributed by atoms with van der Waals surface area (Å²) in [6.07, 6.45) is -4.51. The fourth-order valence-corrected chi connectivity index (χ4v) is 1.50. The summed E-state index contributed by atoms with van der Waals surface area (Å²) in [4.78, 5) is 0. The molecule has 0 saturated carbocycles. The van der Waals surface area contributed by atoms with Crippen molar-refractivity contribution in [2.45, 2.75) is 25.5 Å². The minimum absolute atomic E-state index is 0.0438. The number of phenols is 1. The highest BCUT2D eigenvalue weighted by Crippen LogP contribution is 2.28. The van der Waals surface area contributed by atoms with Crippen LogP contribution >= 0.6 is 0 Å². The summed E-state index contributed by atoms with van der Waals surface area (Å²) in [5, 5.41) is 21.4. The van der Waals surface area contributed by atoms with Crippen LogP contribution in [0.15, 0.2) is 18.2 Å². The molecule has 2 atom stereocenters. The molecule has 0 spiro atoms. The van der Waals surface area contributed by atoms with E-state index < -0.39 is 12.5 Å². The first-order chi connectivity index (χ1) is 8.45. The Labute approximate surface area is 104 Å². The molecule has 0 saturated heterocycles. The number of methoxy groups -OCH3 is 1. The van der Waals surface area contributed by atoms with Crippen LogP contribution in [0.3, 0.4) is 0 Å². The molecule has 0 aliphatic heterocycles. The van der Waals surface area contributed by atoms with Gasteiger partial charge in [0.1, 0.15) is 17.6 Å². The van der Waals surface area contributed by atoms with Gasteiger partial charge in [-0.15, -0.1) is 0 Å². The molecular formula is C12H17F2NO3. The monoisotopic (exact) mass is 261 g/mol. The third kappa shape index (κ3) is 3.82. The number of aromatic hydroxyl groups is 1. The zero-order chi connectivity index (χ0) is 13.7. The number of aliphatic hydroxyl groups is 1. The molecule has 4 nitrogen and oxygen atoms in total. The molecule has 1 aromatic carbocycles. The molecule has 0 radical (unpaired) electrons. The minimum atomic E-state index is -2.79. The van der Waals surface area contributed by atoms with Crippen LogP contribution in [0.1, 0.15) is 18.5 Å². The number of benzene rings is 1. The molecule has 3 N–H and O–H groups in total. The molecule has 102 valence electrons. The second kappa shape index (κ2) is 6.51. The standard InChI is InChI=1S/C12H17F2NO3/c1-7(15-6-11(17)12(13)14)9-5-8(18-2)3-4-10(9)16/h3-5,7,11-12,15-17H,6H2,1-2H3. The summed E-state index contributed by atoms with van der Waals surface area (Å²) in [6.45, 7) is 1.45. The van der Waals surface area contributed by atoms with Gasteiger partial charge in [-0.1, -0.05) is 0 Å². The Morgan fingerprint density at radius 1 is 1.39 bits per heavy atom. The summed E-state index contributed by atoms with van der Waals surface area (Å²) in [7, 11) is 1.49. The highest BCUT2D eigenvalue weighted by molar-refractivity contribution is 5.41. The number of nitrogens with one attached hydrogen (secondary N) is 1. The van der Waals surface area contributed by atoms with Gasteiger partial charge < -0.3 is 20.3 Å². The number of alkyl halides is 2. The summed E-state index contributed by atoms with van der Waals surface area (Å²) in [6, 6.07) is 4.30. The third-order valence-corrected chi connectivity index (χ3v) is 2.63.